The van der Waals surface area contributed by atoms with Crippen molar-refractivity contribution in [3.63, 3.8) is 0 Å². The summed E-state index contributed by atoms with van der Waals surface area (Å²) < 4.78 is 27.0. The monoisotopic (exact) mass is 348 g/mol. The van der Waals surface area contributed by atoms with Crippen LogP contribution in [0.5, 0.6) is 0 Å². The average Bonchev–Trinajstić information content (AvgIpc) is 2.62. The molecule has 0 bridgehead atoms. The zero-order valence-electron chi connectivity index (χ0n) is 14.0. The molecule has 0 aliphatic carbocycles. The van der Waals surface area contributed by atoms with Crippen LogP contribution < -0.4 is 0 Å². The van der Waals surface area contributed by atoms with E-state index in [-0.39, 0.29) is 18.4 Å². The van der Waals surface area contributed by atoms with Gasteiger partial charge in [0.15, 0.2) is 0 Å². The standard InChI is InChI=1S/C18H24N2O3S/c1-15-7-5-11-19(13-15)18(21)16-8-6-12-20(14-16)24(22,23)17-9-3-2-4-10-17/h2-4,7,9-10,16H,5-6,8,11-14H2,1H3/t16-/m1/s1. The number of carbonyl (C=O) groups excluding carboxylic acids is 1. The van der Waals surface area contributed by atoms with E-state index < -0.39 is 10.0 Å². The van der Waals surface area contributed by atoms with Crippen molar-refractivity contribution in [2.24, 2.45) is 5.92 Å². The van der Waals surface area contributed by atoms with Crippen LogP contribution in [-0.4, -0.2) is 49.7 Å². The minimum Gasteiger partial charge on any atom is -0.338 e. The Kier molecular flexibility index (Phi) is 5.06. The van der Waals surface area contributed by atoms with Gasteiger partial charge < -0.3 is 4.90 Å². The first-order valence-corrected chi connectivity index (χ1v) is 9.92. The van der Waals surface area contributed by atoms with Gasteiger partial charge in [0, 0.05) is 26.2 Å². The van der Waals surface area contributed by atoms with Crippen LogP contribution >= 0.6 is 0 Å². The van der Waals surface area contributed by atoms with Crippen LogP contribution in [0.2, 0.25) is 0 Å². The summed E-state index contributed by atoms with van der Waals surface area (Å²) in [6.07, 6.45) is 4.54. The fraction of sp³-hybridized carbons (Fsp3) is 0.500. The third-order valence-electron chi connectivity index (χ3n) is 4.76. The van der Waals surface area contributed by atoms with E-state index in [0.717, 1.165) is 25.8 Å². The predicted octanol–water partition coefficient (Wildman–Crippen LogP) is 2.27. The molecule has 2 heterocycles. The second-order valence-corrected chi connectivity index (χ2v) is 8.55. The van der Waals surface area contributed by atoms with E-state index in [9.17, 15) is 13.2 Å². The Bertz CT molecular complexity index is 728. The van der Waals surface area contributed by atoms with Gasteiger partial charge in [-0.2, -0.15) is 4.31 Å². The van der Waals surface area contributed by atoms with Gasteiger partial charge in [-0.15, -0.1) is 0 Å². The van der Waals surface area contributed by atoms with Crippen molar-refractivity contribution in [3.05, 3.63) is 42.0 Å². The first-order chi connectivity index (χ1) is 11.5. The van der Waals surface area contributed by atoms with Crippen LogP contribution in [0.15, 0.2) is 46.9 Å². The molecule has 0 unspecified atom stereocenters. The molecule has 3 rings (SSSR count). The van der Waals surface area contributed by atoms with Crippen molar-refractivity contribution < 1.29 is 13.2 Å². The molecule has 1 aromatic rings. The normalized spacial score (nSPS) is 23.0. The molecule has 130 valence electrons. The Morgan fingerprint density at radius 2 is 1.92 bits per heavy atom. The number of rotatable bonds is 3. The van der Waals surface area contributed by atoms with Crippen molar-refractivity contribution in [2.45, 2.75) is 31.1 Å². The lowest BCUT2D eigenvalue weighted by molar-refractivity contribution is -0.136. The van der Waals surface area contributed by atoms with Crippen molar-refractivity contribution in [3.8, 4) is 0 Å². The molecule has 2 aliphatic rings. The Balaban J connectivity index is 1.73. The summed E-state index contributed by atoms with van der Waals surface area (Å²) in [5.74, 6) is -0.140. The van der Waals surface area contributed by atoms with Crippen molar-refractivity contribution in [1.29, 1.82) is 0 Å². The summed E-state index contributed by atoms with van der Waals surface area (Å²) in [6, 6.07) is 8.47. The molecule has 0 saturated carbocycles. The summed E-state index contributed by atoms with van der Waals surface area (Å²) in [7, 11) is -3.52. The molecule has 2 aliphatic heterocycles. The predicted molar refractivity (Wildman–Crippen MR) is 92.9 cm³/mol. The van der Waals surface area contributed by atoms with Crippen molar-refractivity contribution in [2.75, 3.05) is 26.2 Å². The van der Waals surface area contributed by atoms with E-state index >= 15 is 0 Å². The van der Waals surface area contributed by atoms with E-state index in [1.807, 2.05) is 11.8 Å². The SMILES string of the molecule is CC1=CCCN(C(=O)[C@@H]2CCCN(S(=O)(=O)c3ccccc3)C2)C1. The van der Waals surface area contributed by atoms with E-state index in [0.29, 0.717) is 18.0 Å². The van der Waals surface area contributed by atoms with Crippen LogP contribution in [0.4, 0.5) is 0 Å². The van der Waals surface area contributed by atoms with Gasteiger partial charge in [-0.1, -0.05) is 29.8 Å². The zero-order valence-corrected chi connectivity index (χ0v) is 14.8. The largest absolute Gasteiger partial charge is 0.338 e. The molecule has 0 spiro atoms. The lowest BCUT2D eigenvalue weighted by atomic mass is 9.97. The molecular weight excluding hydrogens is 324 g/mol. The van der Waals surface area contributed by atoms with E-state index in [1.54, 1.807) is 30.3 Å². The lowest BCUT2D eigenvalue weighted by Crippen LogP contribution is -2.47. The lowest BCUT2D eigenvalue weighted by Gasteiger charge is -2.35. The number of sulfonamides is 1. The molecule has 1 aromatic carbocycles. The first-order valence-electron chi connectivity index (χ1n) is 8.48. The summed E-state index contributed by atoms with van der Waals surface area (Å²) in [4.78, 5) is 15.0. The highest BCUT2D eigenvalue weighted by Gasteiger charge is 2.35. The quantitative estimate of drug-likeness (QED) is 0.788. The Labute approximate surface area is 144 Å². The maximum atomic E-state index is 12.8. The zero-order chi connectivity index (χ0) is 17.2. The molecule has 24 heavy (non-hydrogen) atoms. The fourth-order valence-corrected chi connectivity index (χ4v) is 5.01. The number of hydrogen-bond acceptors (Lipinski definition) is 3. The van der Waals surface area contributed by atoms with Crippen molar-refractivity contribution in [1.82, 2.24) is 9.21 Å². The number of hydrogen-bond donors (Lipinski definition) is 0. The van der Waals surface area contributed by atoms with Crippen LogP contribution in [0.3, 0.4) is 0 Å². The van der Waals surface area contributed by atoms with Gasteiger partial charge in [0.1, 0.15) is 0 Å². The maximum Gasteiger partial charge on any atom is 0.243 e. The highest BCUT2D eigenvalue weighted by molar-refractivity contribution is 7.89. The minimum absolute atomic E-state index is 0.0930. The van der Waals surface area contributed by atoms with E-state index in [1.165, 1.54) is 9.88 Å². The number of nitrogens with zero attached hydrogens (tertiary/aromatic N) is 2. The highest BCUT2D eigenvalue weighted by atomic mass is 32.2. The molecule has 6 heteroatoms. The van der Waals surface area contributed by atoms with Gasteiger partial charge in [0.2, 0.25) is 15.9 Å². The van der Waals surface area contributed by atoms with Gasteiger partial charge in [-0.25, -0.2) is 8.42 Å². The Morgan fingerprint density at radius 1 is 1.17 bits per heavy atom. The highest BCUT2D eigenvalue weighted by Crippen LogP contribution is 2.25. The number of piperidine rings is 1. The number of amides is 1. The second-order valence-electron chi connectivity index (χ2n) is 6.61. The molecule has 5 nitrogen and oxygen atoms in total. The van der Waals surface area contributed by atoms with Gasteiger partial charge in [-0.3, -0.25) is 4.79 Å². The summed E-state index contributed by atoms with van der Waals surface area (Å²) in [5, 5.41) is 0. The molecular formula is C18H24N2O3S. The van der Waals surface area contributed by atoms with Crippen molar-refractivity contribution >= 4 is 15.9 Å². The van der Waals surface area contributed by atoms with Crippen LogP contribution in [0, 0.1) is 5.92 Å². The first kappa shape index (κ1) is 17.2. The van der Waals surface area contributed by atoms with E-state index in [4.69, 9.17) is 0 Å². The average molecular weight is 348 g/mol. The summed E-state index contributed by atoms with van der Waals surface area (Å²) in [5.41, 5.74) is 1.21. The van der Waals surface area contributed by atoms with Crippen LogP contribution in [0.25, 0.3) is 0 Å². The van der Waals surface area contributed by atoms with Gasteiger partial charge in [-0.05, 0) is 38.3 Å². The molecule has 1 saturated heterocycles. The molecule has 1 fully saturated rings. The summed E-state index contributed by atoms with van der Waals surface area (Å²) in [6.45, 7) is 4.21. The minimum atomic E-state index is -3.52. The second kappa shape index (κ2) is 7.07. The smallest absolute Gasteiger partial charge is 0.243 e. The van der Waals surface area contributed by atoms with Crippen LogP contribution in [-0.2, 0) is 14.8 Å². The third kappa shape index (κ3) is 3.54. The van der Waals surface area contributed by atoms with E-state index in [2.05, 4.69) is 6.08 Å². The topological polar surface area (TPSA) is 57.7 Å². The van der Waals surface area contributed by atoms with Crippen LogP contribution in [0.1, 0.15) is 26.2 Å². The number of carbonyl (C=O) groups is 1. The molecule has 0 N–H and O–H groups in total. The molecule has 0 radical (unpaired) electrons. The molecule has 1 amide bonds. The Hall–Kier alpha value is -1.66. The summed E-state index contributed by atoms with van der Waals surface area (Å²) >= 11 is 0. The Morgan fingerprint density at radius 3 is 2.62 bits per heavy atom. The fourth-order valence-electron chi connectivity index (χ4n) is 3.46. The third-order valence-corrected chi connectivity index (χ3v) is 6.64. The van der Waals surface area contributed by atoms with Gasteiger partial charge >= 0.3 is 0 Å². The molecule has 1 atom stereocenters. The molecule has 0 aromatic heterocycles. The van der Waals surface area contributed by atoms with Gasteiger partial charge in [0.05, 0.1) is 10.8 Å². The maximum absolute atomic E-state index is 12.8. The number of benzene rings is 1. The van der Waals surface area contributed by atoms with Gasteiger partial charge in [0.25, 0.3) is 0 Å².